The molecule has 0 aliphatic carbocycles. The minimum Gasteiger partial charge on any atom is -0.481 e. The van der Waals surface area contributed by atoms with E-state index >= 15 is 0 Å². The maximum absolute atomic E-state index is 12.0. The van der Waals surface area contributed by atoms with Gasteiger partial charge in [-0.3, -0.25) is 19.7 Å². The molecule has 0 bridgehead atoms. The molecule has 2 atom stereocenters. The van der Waals surface area contributed by atoms with E-state index in [0.717, 1.165) is 4.90 Å². The number of hydrogen-bond acceptors (Lipinski definition) is 5. The van der Waals surface area contributed by atoms with Crippen LogP contribution in [0.3, 0.4) is 0 Å². The van der Waals surface area contributed by atoms with Crippen LogP contribution in [0, 0.1) is 0 Å². The molecule has 1 heterocycles. The van der Waals surface area contributed by atoms with E-state index in [2.05, 4.69) is 10.6 Å². The number of methoxy groups -OCH3 is 1. The van der Waals surface area contributed by atoms with Gasteiger partial charge in [-0.2, -0.15) is 0 Å². The summed E-state index contributed by atoms with van der Waals surface area (Å²) in [6.07, 6.45) is -0.566. The van der Waals surface area contributed by atoms with Crippen molar-refractivity contribution < 1.29 is 29.0 Å². The summed E-state index contributed by atoms with van der Waals surface area (Å²) in [5.74, 6) is -2.11. The van der Waals surface area contributed by atoms with E-state index in [1.807, 2.05) is 0 Å². The zero-order valence-corrected chi connectivity index (χ0v) is 11.9. The molecule has 118 valence electrons. The predicted octanol–water partition coefficient (Wildman–Crippen LogP) is -1.08. The molecule has 0 saturated carbocycles. The number of imide groups is 1. The van der Waals surface area contributed by atoms with Crippen LogP contribution in [0.1, 0.15) is 19.8 Å². The number of piperazine rings is 1. The smallest absolute Gasteiger partial charge is 0.318 e. The minimum absolute atomic E-state index is 0.0234. The lowest BCUT2D eigenvalue weighted by Crippen LogP contribution is -2.61. The van der Waals surface area contributed by atoms with Gasteiger partial charge in [0.25, 0.3) is 0 Å². The van der Waals surface area contributed by atoms with Crippen molar-refractivity contribution in [3.8, 4) is 0 Å². The van der Waals surface area contributed by atoms with Crippen LogP contribution < -0.4 is 10.6 Å². The van der Waals surface area contributed by atoms with Crippen LogP contribution in [0.5, 0.6) is 0 Å². The summed E-state index contributed by atoms with van der Waals surface area (Å²) < 4.78 is 4.93. The molecule has 0 radical (unpaired) electrons. The molecule has 21 heavy (non-hydrogen) atoms. The van der Waals surface area contributed by atoms with Gasteiger partial charge < -0.3 is 20.1 Å². The number of ether oxygens (including phenoxy) is 1. The third-order valence-corrected chi connectivity index (χ3v) is 3.12. The van der Waals surface area contributed by atoms with Crippen molar-refractivity contribution in [3.05, 3.63) is 0 Å². The highest BCUT2D eigenvalue weighted by Crippen LogP contribution is 2.09. The van der Waals surface area contributed by atoms with Crippen molar-refractivity contribution in [1.82, 2.24) is 15.5 Å². The Morgan fingerprint density at radius 1 is 1.52 bits per heavy atom. The number of carbonyl (C=O) groups is 4. The second-order valence-electron chi connectivity index (χ2n) is 4.61. The summed E-state index contributed by atoms with van der Waals surface area (Å²) >= 11 is 0. The molecule has 1 saturated heterocycles. The van der Waals surface area contributed by atoms with Crippen LogP contribution in [-0.2, 0) is 19.1 Å². The van der Waals surface area contributed by atoms with E-state index in [4.69, 9.17) is 9.84 Å². The molecular formula is C12H19N3O6. The number of carbonyl (C=O) groups excluding carboxylic acids is 3. The quantitative estimate of drug-likeness (QED) is 0.536. The van der Waals surface area contributed by atoms with E-state index in [9.17, 15) is 19.2 Å². The third kappa shape index (κ3) is 4.71. The molecule has 1 fully saturated rings. The van der Waals surface area contributed by atoms with E-state index < -0.39 is 36.0 Å². The summed E-state index contributed by atoms with van der Waals surface area (Å²) in [7, 11) is 1.34. The van der Waals surface area contributed by atoms with Gasteiger partial charge in [-0.25, -0.2) is 4.79 Å². The topological polar surface area (TPSA) is 125 Å². The first-order valence-electron chi connectivity index (χ1n) is 6.51. The largest absolute Gasteiger partial charge is 0.481 e. The molecule has 9 heteroatoms. The molecule has 0 spiro atoms. The third-order valence-electron chi connectivity index (χ3n) is 3.12. The Morgan fingerprint density at radius 3 is 2.71 bits per heavy atom. The van der Waals surface area contributed by atoms with Gasteiger partial charge in [0.15, 0.2) is 0 Å². The van der Waals surface area contributed by atoms with E-state index in [1.165, 1.54) is 7.11 Å². The van der Waals surface area contributed by atoms with Crippen LogP contribution in [-0.4, -0.2) is 66.2 Å². The van der Waals surface area contributed by atoms with Crippen molar-refractivity contribution in [2.75, 3.05) is 20.2 Å². The lowest BCUT2D eigenvalue weighted by atomic mass is 10.1. The Labute approximate surface area is 121 Å². The van der Waals surface area contributed by atoms with E-state index in [-0.39, 0.29) is 19.5 Å². The molecule has 3 N–H and O–H groups in total. The normalized spacial score (nSPS) is 19.9. The van der Waals surface area contributed by atoms with Crippen LogP contribution >= 0.6 is 0 Å². The molecule has 0 aromatic carbocycles. The number of nitrogens with zero attached hydrogens (tertiary/aromatic N) is 1. The predicted molar refractivity (Wildman–Crippen MR) is 70.4 cm³/mol. The SMILES string of the molecule is CCC1C(=O)NC(=O)CN1C(=O)NCC(CC(=O)O)OC. The first kappa shape index (κ1) is 16.9. The highest BCUT2D eigenvalue weighted by molar-refractivity contribution is 6.04. The van der Waals surface area contributed by atoms with Gasteiger partial charge in [0, 0.05) is 13.7 Å². The summed E-state index contributed by atoms with van der Waals surface area (Å²) in [5, 5.41) is 13.3. The lowest BCUT2D eigenvalue weighted by Gasteiger charge is -2.33. The van der Waals surface area contributed by atoms with Gasteiger partial charge in [-0.1, -0.05) is 6.92 Å². The number of nitrogens with one attached hydrogen (secondary N) is 2. The Hall–Kier alpha value is -2.16. The van der Waals surface area contributed by atoms with Crippen LogP contribution in [0.4, 0.5) is 4.79 Å². The highest BCUT2D eigenvalue weighted by atomic mass is 16.5. The zero-order chi connectivity index (χ0) is 16.0. The van der Waals surface area contributed by atoms with Gasteiger partial charge in [0.05, 0.1) is 12.5 Å². The average molecular weight is 301 g/mol. The fraction of sp³-hybridized carbons (Fsp3) is 0.667. The fourth-order valence-corrected chi connectivity index (χ4v) is 2.02. The summed E-state index contributed by atoms with van der Waals surface area (Å²) in [5.41, 5.74) is 0. The molecule has 0 aromatic rings. The molecule has 2 unspecified atom stereocenters. The Bertz CT molecular complexity index is 439. The van der Waals surface area contributed by atoms with Crippen LogP contribution in [0.25, 0.3) is 0 Å². The maximum atomic E-state index is 12.0. The zero-order valence-electron chi connectivity index (χ0n) is 11.9. The highest BCUT2D eigenvalue weighted by Gasteiger charge is 2.35. The monoisotopic (exact) mass is 301 g/mol. The average Bonchev–Trinajstić information content (AvgIpc) is 2.41. The second-order valence-corrected chi connectivity index (χ2v) is 4.61. The number of hydrogen-bond donors (Lipinski definition) is 3. The van der Waals surface area contributed by atoms with E-state index in [0.29, 0.717) is 6.42 Å². The van der Waals surface area contributed by atoms with Crippen molar-refractivity contribution in [2.24, 2.45) is 0 Å². The van der Waals surface area contributed by atoms with Crippen LogP contribution in [0.15, 0.2) is 0 Å². The van der Waals surface area contributed by atoms with Crippen molar-refractivity contribution >= 4 is 23.8 Å². The molecule has 4 amide bonds. The van der Waals surface area contributed by atoms with Gasteiger partial charge in [0.2, 0.25) is 11.8 Å². The molecular weight excluding hydrogens is 282 g/mol. The van der Waals surface area contributed by atoms with Crippen molar-refractivity contribution in [3.63, 3.8) is 0 Å². The molecule has 9 nitrogen and oxygen atoms in total. The summed E-state index contributed by atoms with van der Waals surface area (Å²) in [6, 6.07) is -1.32. The Kier molecular flexibility index (Phi) is 6.10. The summed E-state index contributed by atoms with van der Waals surface area (Å²) in [4.78, 5) is 46.7. The molecule has 1 aliphatic rings. The van der Waals surface area contributed by atoms with Gasteiger partial charge >= 0.3 is 12.0 Å². The number of aliphatic carboxylic acids is 1. The van der Waals surface area contributed by atoms with Gasteiger partial charge in [-0.15, -0.1) is 0 Å². The van der Waals surface area contributed by atoms with Crippen LogP contribution in [0.2, 0.25) is 0 Å². The Balaban J connectivity index is 2.62. The van der Waals surface area contributed by atoms with Gasteiger partial charge in [-0.05, 0) is 6.42 Å². The fourth-order valence-electron chi connectivity index (χ4n) is 2.02. The number of urea groups is 1. The molecule has 0 aromatic heterocycles. The van der Waals surface area contributed by atoms with Crippen molar-refractivity contribution in [2.45, 2.75) is 31.9 Å². The maximum Gasteiger partial charge on any atom is 0.318 e. The number of amides is 4. The minimum atomic E-state index is -1.05. The first-order chi connectivity index (χ1) is 9.88. The lowest BCUT2D eigenvalue weighted by molar-refractivity contribution is -0.140. The number of rotatable bonds is 6. The molecule has 1 aliphatic heterocycles. The summed E-state index contributed by atoms with van der Waals surface area (Å²) in [6.45, 7) is 1.49. The molecule has 1 rings (SSSR count). The second kappa shape index (κ2) is 7.58. The Morgan fingerprint density at radius 2 is 2.19 bits per heavy atom. The number of carboxylic acids is 1. The van der Waals surface area contributed by atoms with Crippen molar-refractivity contribution in [1.29, 1.82) is 0 Å². The number of carboxylic acid groups (broad SMARTS) is 1. The standard InChI is InChI=1S/C12H19N3O6/c1-3-8-11(19)14-9(16)6-15(8)12(20)13-5-7(21-2)4-10(17)18/h7-8H,3-6H2,1-2H3,(H,13,20)(H,17,18)(H,14,16,19). The first-order valence-corrected chi connectivity index (χ1v) is 6.51. The van der Waals surface area contributed by atoms with E-state index in [1.54, 1.807) is 6.92 Å². The van der Waals surface area contributed by atoms with Gasteiger partial charge in [0.1, 0.15) is 12.6 Å².